The Hall–Kier alpha value is -2.93. The Morgan fingerprint density at radius 3 is 2.79 bits per heavy atom. The van der Waals surface area contributed by atoms with Crippen LogP contribution < -0.4 is 15.0 Å². The van der Waals surface area contributed by atoms with Gasteiger partial charge in [0.15, 0.2) is 0 Å². The van der Waals surface area contributed by atoms with Crippen LogP contribution in [0.15, 0.2) is 48.5 Å². The van der Waals surface area contributed by atoms with Crippen LogP contribution in [-0.4, -0.2) is 36.5 Å². The van der Waals surface area contributed by atoms with E-state index < -0.39 is 0 Å². The van der Waals surface area contributed by atoms with Crippen molar-refractivity contribution < 1.29 is 14.3 Å². The Morgan fingerprint density at radius 2 is 2.03 bits per heavy atom. The molecule has 0 aliphatic carbocycles. The third-order valence-corrected chi connectivity index (χ3v) is 6.03. The summed E-state index contributed by atoms with van der Waals surface area (Å²) in [5, 5.41) is 3.97. The minimum absolute atomic E-state index is 0.0273. The molecule has 1 saturated heterocycles. The van der Waals surface area contributed by atoms with Crippen LogP contribution in [0.3, 0.4) is 0 Å². The number of anilines is 1. The van der Waals surface area contributed by atoms with E-state index in [2.05, 4.69) is 16.4 Å². The van der Waals surface area contributed by atoms with E-state index in [1.54, 1.807) is 16.2 Å². The molecule has 1 atom stereocenters. The Labute approximate surface area is 173 Å². The summed E-state index contributed by atoms with van der Waals surface area (Å²) in [6.07, 6.45) is 0.925. The fourth-order valence-electron chi connectivity index (χ4n) is 3.49. The van der Waals surface area contributed by atoms with Crippen molar-refractivity contribution in [2.45, 2.75) is 19.8 Å². The number of carbonyl (C=O) groups excluding carboxylic acids is 2. The summed E-state index contributed by atoms with van der Waals surface area (Å²) in [5.74, 6) is 0.338. The maximum Gasteiger partial charge on any atom is 0.227 e. The van der Waals surface area contributed by atoms with Crippen LogP contribution in [0.5, 0.6) is 5.75 Å². The van der Waals surface area contributed by atoms with Gasteiger partial charge in [0.05, 0.1) is 27.7 Å². The van der Waals surface area contributed by atoms with Gasteiger partial charge in [0.2, 0.25) is 11.8 Å². The highest BCUT2D eigenvalue weighted by molar-refractivity contribution is 7.18. The van der Waals surface area contributed by atoms with Gasteiger partial charge in [-0.15, -0.1) is 11.3 Å². The Morgan fingerprint density at radius 1 is 1.24 bits per heavy atom. The standard InChI is InChI=1S/C22H23N3O3S/c1-2-28-17-9-7-16(8-10-17)25-14-15(13-21(25)26)22(27)23-12-11-20-24-18-5-3-4-6-19(18)29-20/h3-10,15H,2,11-14H2,1H3,(H,23,27). The van der Waals surface area contributed by atoms with Crippen LogP contribution in [0, 0.1) is 5.92 Å². The van der Waals surface area contributed by atoms with Gasteiger partial charge >= 0.3 is 0 Å². The minimum Gasteiger partial charge on any atom is -0.494 e. The average Bonchev–Trinajstić information content (AvgIpc) is 3.32. The van der Waals surface area contributed by atoms with Crippen LogP contribution in [0.4, 0.5) is 5.69 Å². The number of thiazole rings is 1. The highest BCUT2D eigenvalue weighted by Crippen LogP contribution is 2.27. The number of nitrogens with one attached hydrogen (secondary N) is 1. The maximum absolute atomic E-state index is 12.5. The highest BCUT2D eigenvalue weighted by atomic mass is 32.1. The third kappa shape index (κ3) is 4.40. The summed E-state index contributed by atoms with van der Waals surface area (Å²) in [7, 11) is 0. The lowest BCUT2D eigenvalue weighted by molar-refractivity contribution is -0.126. The van der Waals surface area contributed by atoms with E-state index in [4.69, 9.17) is 4.74 Å². The summed E-state index contributed by atoms with van der Waals surface area (Å²) in [6.45, 7) is 3.45. The topological polar surface area (TPSA) is 71.5 Å². The first-order chi connectivity index (χ1) is 14.1. The van der Waals surface area contributed by atoms with Crippen molar-refractivity contribution in [3.8, 4) is 5.75 Å². The van der Waals surface area contributed by atoms with E-state index in [0.29, 0.717) is 26.1 Å². The second kappa shape index (κ2) is 8.61. The molecule has 0 radical (unpaired) electrons. The molecule has 0 saturated carbocycles. The van der Waals surface area contributed by atoms with E-state index in [1.165, 1.54) is 0 Å². The molecule has 1 aliphatic rings. The molecule has 7 heteroatoms. The van der Waals surface area contributed by atoms with Gasteiger partial charge in [-0.3, -0.25) is 9.59 Å². The number of fused-ring (bicyclic) bond motifs is 1. The van der Waals surface area contributed by atoms with E-state index >= 15 is 0 Å². The molecule has 2 amide bonds. The summed E-state index contributed by atoms with van der Waals surface area (Å²) in [4.78, 5) is 31.2. The maximum atomic E-state index is 12.5. The van der Waals surface area contributed by atoms with E-state index in [-0.39, 0.29) is 24.2 Å². The summed E-state index contributed by atoms with van der Waals surface area (Å²) in [5.41, 5.74) is 1.79. The van der Waals surface area contributed by atoms with Crippen LogP contribution in [-0.2, 0) is 16.0 Å². The van der Waals surface area contributed by atoms with E-state index in [1.807, 2.05) is 49.4 Å². The van der Waals surface area contributed by atoms with Crippen molar-refractivity contribution >= 4 is 39.1 Å². The number of hydrogen-bond donors (Lipinski definition) is 1. The summed E-state index contributed by atoms with van der Waals surface area (Å²) < 4.78 is 6.59. The first kappa shape index (κ1) is 19.4. The molecule has 1 aromatic heterocycles. The first-order valence-electron chi connectivity index (χ1n) is 9.79. The molecule has 6 nitrogen and oxygen atoms in total. The van der Waals surface area contributed by atoms with Gasteiger partial charge in [0.25, 0.3) is 0 Å². The van der Waals surface area contributed by atoms with Crippen LogP contribution in [0.1, 0.15) is 18.4 Å². The summed E-state index contributed by atoms with van der Waals surface area (Å²) >= 11 is 1.65. The smallest absolute Gasteiger partial charge is 0.227 e. The SMILES string of the molecule is CCOc1ccc(N2CC(C(=O)NCCc3nc4ccccc4s3)CC2=O)cc1. The van der Waals surface area contributed by atoms with Gasteiger partial charge in [0, 0.05) is 31.6 Å². The average molecular weight is 410 g/mol. The lowest BCUT2D eigenvalue weighted by Crippen LogP contribution is -2.34. The molecule has 4 rings (SSSR count). The lowest BCUT2D eigenvalue weighted by Gasteiger charge is -2.17. The predicted octanol–water partition coefficient (Wildman–Crippen LogP) is 3.41. The molecule has 1 aliphatic heterocycles. The first-order valence-corrected chi connectivity index (χ1v) is 10.6. The quantitative estimate of drug-likeness (QED) is 0.649. The molecule has 0 spiro atoms. The van der Waals surface area contributed by atoms with Crippen LogP contribution in [0.2, 0.25) is 0 Å². The molecule has 1 unspecified atom stereocenters. The third-order valence-electron chi connectivity index (χ3n) is 4.93. The van der Waals surface area contributed by atoms with Gasteiger partial charge < -0.3 is 15.0 Å². The number of para-hydroxylation sites is 1. The number of benzene rings is 2. The second-order valence-corrected chi connectivity index (χ2v) is 8.06. The molecular formula is C22H23N3O3S. The molecule has 150 valence electrons. The molecule has 1 fully saturated rings. The molecule has 2 aromatic carbocycles. The lowest BCUT2D eigenvalue weighted by atomic mass is 10.1. The number of aromatic nitrogens is 1. The molecule has 2 heterocycles. The number of nitrogens with zero attached hydrogens (tertiary/aromatic N) is 2. The zero-order valence-electron chi connectivity index (χ0n) is 16.3. The zero-order chi connectivity index (χ0) is 20.2. The largest absolute Gasteiger partial charge is 0.494 e. The Kier molecular flexibility index (Phi) is 5.76. The van der Waals surface area contributed by atoms with Crippen LogP contribution in [0.25, 0.3) is 10.2 Å². The predicted molar refractivity (Wildman–Crippen MR) is 114 cm³/mol. The Balaban J connectivity index is 1.30. The second-order valence-electron chi connectivity index (χ2n) is 6.95. The van der Waals surface area contributed by atoms with Gasteiger partial charge in [-0.05, 0) is 43.3 Å². The molecule has 29 heavy (non-hydrogen) atoms. The van der Waals surface area contributed by atoms with Gasteiger partial charge in [-0.2, -0.15) is 0 Å². The molecule has 3 aromatic rings. The number of ether oxygens (including phenoxy) is 1. The zero-order valence-corrected chi connectivity index (χ0v) is 17.1. The van der Waals surface area contributed by atoms with Gasteiger partial charge in [-0.25, -0.2) is 4.98 Å². The summed E-state index contributed by atoms with van der Waals surface area (Å²) in [6, 6.07) is 15.4. The van der Waals surface area contributed by atoms with E-state index in [9.17, 15) is 9.59 Å². The molecular weight excluding hydrogens is 386 g/mol. The highest BCUT2D eigenvalue weighted by Gasteiger charge is 2.34. The van der Waals surface area contributed by atoms with Crippen molar-refractivity contribution in [1.82, 2.24) is 10.3 Å². The monoisotopic (exact) mass is 409 g/mol. The number of amides is 2. The van der Waals surface area contributed by atoms with Crippen molar-refractivity contribution in [3.05, 3.63) is 53.5 Å². The van der Waals surface area contributed by atoms with Crippen molar-refractivity contribution in [3.63, 3.8) is 0 Å². The van der Waals surface area contributed by atoms with E-state index in [0.717, 1.165) is 26.7 Å². The van der Waals surface area contributed by atoms with Crippen molar-refractivity contribution in [2.24, 2.45) is 5.92 Å². The van der Waals surface area contributed by atoms with Gasteiger partial charge in [-0.1, -0.05) is 12.1 Å². The Bertz CT molecular complexity index is 983. The van der Waals surface area contributed by atoms with Crippen molar-refractivity contribution in [1.29, 1.82) is 0 Å². The van der Waals surface area contributed by atoms with Gasteiger partial charge in [0.1, 0.15) is 5.75 Å². The molecule has 0 bridgehead atoms. The fourth-order valence-corrected chi connectivity index (χ4v) is 4.45. The number of hydrogen-bond acceptors (Lipinski definition) is 5. The number of carbonyl (C=O) groups is 2. The van der Waals surface area contributed by atoms with Crippen LogP contribution >= 0.6 is 11.3 Å². The van der Waals surface area contributed by atoms with Crippen molar-refractivity contribution in [2.75, 3.05) is 24.6 Å². The minimum atomic E-state index is -0.329. The molecule has 1 N–H and O–H groups in total. The number of rotatable bonds is 7. The normalized spacial score (nSPS) is 16.4. The fraction of sp³-hybridized carbons (Fsp3) is 0.318.